The van der Waals surface area contributed by atoms with Crippen molar-refractivity contribution < 1.29 is 23.9 Å². The van der Waals surface area contributed by atoms with Crippen molar-refractivity contribution in [1.82, 2.24) is 10.2 Å². The van der Waals surface area contributed by atoms with Crippen LogP contribution in [0.4, 0.5) is 5.69 Å². The number of hydrogen-bond donors (Lipinski definition) is 2. The van der Waals surface area contributed by atoms with E-state index in [1.165, 1.54) is 12.0 Å². The Hall–Kier alpha value is -3.39. The van der Waals surface area contributed by atoms with Crippen LogP contribution in [-0.4, -0.2) is 63.1 Å². The number of hydrogen-bond acceptors (Lipinski definition) is 5. The largest absolute Gasteiger partial charge is 0.497 e. The third kappa shape index (κ3) is 7.21. The number of nitrogens with one attached hydrogen (secondary N) is 2. The van der Waals surface area contributed by atoms with Gasteiger partial charge in [-0.05, 0) is 43.3 Å². The lowest BCUT2D eigenvalue weighted by atomic mass is 10.1. The molecule has 0 saturated heterocycles. The van der Waals surface area contributed by atoms with Gasteiger partial charge in [0.25, 0.3) is 5.91 Å². The number of aryl methyl sites for hydroxylation is 1. The minimum Gasteiger partial charge on any atom is -0.497 e. The quantitative estimate of drug-likeness (QED) is 0.620. The van der Waals surface area contributed by atoms with E-state index in [2.05, 4.69) is 10.6 Å². The molecule has 0 radical (unpaired) electrons. The van der Waals surface area contributed by atoms with Crippen molar-refractivity contribution in [3.63, 3.8) is 0 Å². The van der Waals surface area contributed by atoms with Crippen molar-refractivity contribution in [3.05, 3.63) is 59.7 Å². The van der Waals surface area contributed by atoms with Gasteiger partial charge in [0.05, 0.1) is 26.8 Å². The Morgan fingerprint density at radius 3 is 2.20 bits per heavy atom. The van der Waals surface area contributed by atoms with Crippen LogP contribution in [0.1, 0.15) is 15.9 Å². The van der Waals surface area contributed by atoms with Crippen LogP contribution in [0.5, 0.6) is 5.75 Å². The van der Waals surface area contributed by atoms with E-state index in [4.69, 9.17) is 9.47 Å². The smallest absolute Gasteiger partial charge is 0.254 e. The van der Waals surface area contributed by atoms with Gasteiger partial charge in [-0.3, -0.25) is 14.4 Å². The van der Waals surface area contributed by atoms with Crippen LogP contribution in [0.25, 0.3) is 0 Å². The summed E-state index contributed by atoms with van der Waals surface area (Å²) in [6.45, 7) is 2.10. The topological polar surface area (TPSA) is 97.0 Å². The summed E-state index contributed by atoms with van der Waals surface area (Å²) >= 11 is 0. The van der Waals surface area contributed by atoms with Crippen LogP contribution < -0.4 is 15.4 Å². The summed E-state index contributed by atoms with van der Waals surface area (Å²) in [4.78, 5) is 38.5. The monoisotopic (exact) mass is 413 g/mol. The highest BCUT2D eigenvalue weighted by Gasteiger charge is 2.19. The molecule has 8 heteroatoms. The fourth-order valence-corrected chi connectivity index (χ4v) is 2.62. The highest BCUT2D eigenvalue weighted by atomic mass is 16.5. The number of ether oxygens (including phenoxy) is 2. The second kappa shape index (κ2) is 11.6. The summed E-state index contributed by atoms with van der Waals surface area (Å²) in [7, 11) is 3.08. The van der Waals surface area contributed by atoms with Gasteiger partial charge in [0, 0.05) is 24.9 Å². The fraction of sp³-hybridized carbons (Fsp3) is 0.318. The van der Waals surface area contributed by atoms with E-state index in [9.17, 15) is 14.4 Å². The molecule has 0 bridgehead atoms. The first-order chi connectivity index (χ1) is 14.4. The van der Waals surface area contributed by atoms with E-state index in [-0.39, 0.29) is 31.4 Å². The summed E-state index contributed by atoms with van der Waals surface area (Å²) in [5.74, 6) is -0.404. The molecule has 160 valence electrons. The Morgan fingerprint density at radius 1 is 0.933 bits per heavy atom. The zero-order valence-electron chi connectivity index (χ0n) is 17.4. The van der Waals surface area contributed by atoms with Gasteiger partial charge < -0.3 is 25.0 Å². The molecule has 0 fully saturated rings. The molecule has 0 atom stereocenters. The minimum atomic E-state index is -0.434. The van der Waals surface area contributed by atoms with Gasteiger partial charge in [0.15, 0.2) is 0 Å². The van der Waals surface area contributed by atoms with Crippen LogP contribution in [0.15, 0.2) is 48.5 Å². The van der Waals surface area contributed by atoms with Crippen LogP contribution in [0.3, 0.4) is 0 Å². The standard InChI is InChI=1S/C22H27N3O5/c1-16-4-6-17(7-5-16)22(28)25(12-13-29-2)15-21(27)23-14-20(26)24-18-8-10-19(30-3)11-9-18/h4-11H,12-15H2,1-3H3,(H,23,27)(H,24,26). The number of methoxy groups -OCH3 is 2. The maximum absolute atomic E-state index is 12.7. The van der Waals surface area contributed by atoms with Crippen molar-refractivity contribution in [2.24, 2.45) is 0 Å². The molecular formula is C22H27N3O5. The van der Waals surface area contributed by atoms with Crippen molar-refractivity contribution in [2.75, 3.05) is 45.8 Å². The van der Waals surface area contributed by atoms with Crippen LogP contribution in [0, 0.1) is 6.92 Å². The van der Waals surface area contributed by atoms with Gasteiger partial charge >= 0.3 is 0 Å². The SMILES string of the molecule is COCCN(CC(=O)NCC(=O)Nc1ccc(OC)cc1)C(=O)c1ccc(C)cc1. The molecule has 2 aromatic rings. The van der Waals surface area contributed by atoms with E-state index in [1.54, 1.807) is 43.5 Å². The molecule has 3 amide bonds. The number of rotatable bonds is 10. The first kappa shape index (κ1) is 22.9. The molecule has 2 rings (SSSR count). The molecular weight excluding hydrogens is 386 g/mol. The van der Waals surface area contributed by atoms with Gasteiger partial charge in [-0.25, -0.2) is 0 Å². The van der Waals surface area contributed by atoms with Gasteiger partial charge in [0.2, 0.25) is 11.8 Å². The summed E-state index contributed by atoms with van der Waals surface area (Å²) in [5.41, 5.74) is 2.11. The molecule has 0 aliphatic heterocycles. The number of benzene rings is 2. The van der Waals surface area contributed by atoms with Crippen molar-refractivity contribution in [3.8, 4) is 5.75 Å². The summed E-state index contributed by atoms with van der Waals surface area (Å²) in [6, 6.07) is 14.0. The predicted octanol–water partition coefficient (Wildman–Crippen LogP) is 1.85. The van der Waals surface area contributed by atoms with Crippen molar-refractivity contribution in [1.29, 1.82) is 0 Å². The lowest BCUT2D eigenvalue weighted by molar-refractivity contribution is -0.124. The molecule has 8 nitrogen and oxygen atoms in total. The van der Waals surface area contributed by atoms with Gasteiger partial charge in [-0.1, -0.05) is 17.7 Å². The third-order valence-corrected chi connectivity index (χ3v) is 4.31. The number of nitrogens with zero attached hydrogens (tertiary/aromatic N) is 1. The molecule has 0 aliphatic rings. The normalized spacial score (nSPS) is 10.2. The number of carbonyl (C=O) groups excluding carboxylic acids is 3. The summed E-state index contributed by atoms with van der Waals surface area (Å²) < 4.78 is 10.1. The lowest BCUT2D eigenvalue weighted by Crippen LogP contribution is -2.44. The van der Waals surface area contributed by atoms with Crippen LogP contribution >= 0.6 is 0 Å². The Labute approximate surface area is 176 Å². The molecule has 2 N–H and O–H groups in total. The van der Waals surface area contributed by atoms with Crippen LogP contribution in [-0.2, 0) is 14.3 Å². The van der Waals surface area contributed by atoms with E-state index in [0.717, 1.165) is 5.56 Å². The molecule has 2 aromatic carbocycles. The van der Waals surface area contributed by atoms with E-state index in [1.807, 2.05) is 19.1 Å². The van der Waals surface area contributed by atoms with Gasteiger partial charge in [0.1, 0.15) is 5.75 Å². The predicted molar refractivity (Wildman–Crippen MR) is 114 cm³/mol. The lowest BCUT2D eigenvalue weighted by Gasteiger charge is -2.22. The molecule has 0 spiro atoms. The zero-order chi connectivity index (χ0) is 21.9. The molecule has 0 saturated carbocycles. The maximum Gasteiger partial charge on any atom is 0.254 e. The summed E-state index contributed by atoms with van der Waals surface area (Å²) in [5, 5.41) is 5.22. The Morgan fingerprint density at radius 2 is 1.60 bits per heavy atom. The highest BCUT2D eigenvalue weighted by Crippen LogP contribution is 2.14. The molecule has 0 aromatic heterocycles. The molecule has 0 unspecified atom stereocenters. The maximum atomic E-state index is 12.7. The van der Waals surface area contributed by atoms with Crippen LogP contribution in [0.2, 0.25) is 0 Å². The first-order valence-corrected chi connectivity index (χ1v) is 9.48. The number of amides is 3. The molecule has 30 heavy (non-hydrogen) atoms. The second-order valence-corrected chi connectivity index (χ2v) is 6.64. The fourth-order valence-electron chi connectivity index (χ4n) is 2.62. The van der Waals surface area contributed by atoms with E-state index < -0.39 is 5.91 Å². The van der Waals surface area contributed by atoms with E-state index in [0.29, 0.717) is 23.6 Å². The van der Waals surface area contributed by atoms with Gasteiger partial charge in [-0.2, -0.15) is 0 Å². The zero-order valence-corrected chi connectivity index (χ0v) is 17.4. The number of carbonyl (C=O) groups is 3. The van der Waals surface area contributed by atoms with Crippen molar-refractivity contribution in [2.45, 2.75) is 6.92 Å². The average molecular weight is 413 g/mol. The Bertz CT molecular complexity index is 850. The minimum absolute atomic E-state index is 0.175. The van der Waals surface area contributed by atoms with E-state index >= 15 is 0 Å². The Balaban J connectivity index is 1.88. The second-order valence-electron chi connectivity index (χ2n) is 6.64. The molecule has 0 aliphatic carbocycles. The van der Waals surface area contributed by atoms with Crippen molar-refractivity contribution >= 4 is 23.4 Å². The highest BCUT2D eigenvalue weighted by molar-refractivity contribution is 5.98. The number of anilines is 1. The third-order valence-electron chi connectivity index (χ3n) is 4.31. The first-order valence-electron chi connectivity index (χ1n) is 9.48. The van der Waals surface area contributed by atoms with Gasteiger partial charge in [-0.15, -0.1) is 0 Å². The Kier molecular flexibility index (Phi) is 8.83. The average Bonchev–Trinajstić information content (AvgIpc) is 2.75. The summed E-state index contributed by atoms with van der Waals surface area (Å²) in [6.07, 6.45) is 0. The molecule has 0 heterocycles.